The Kier molecular flexibility index (Phi) is 4.35. The van der Waals surface area contributed by atoms with Crippen molar-refractivity contribution in [3.8, 4) is 5.88 Å². The number of hydrogen-bond donors (Lipinski definition) is 0. The second-order valence-corrected chi connectivity index (χ2v) is 4.19. The van der Waals surface area contributed by atoms with Crippen LogP contribution in [-0.4, -0.2) is 34.9 Å². The minimum Gasteiger partial charge on any atom is -0.481 e. The molecule has 0 N–H and O–H groups in total. The van der Waals surface area contributed by atoms with Crippen LogP contribution in [0.2, 0.25) is 0 Å². The summed E-state index contributed by atoms with van der Waals surface area (Å²) >= 11 is 1.13. The Hall–Kier alpha value is -2.09. The van der Waals surface area contributed by atoms with E-state index in [-0.39, 0.29) is 17.7 Å². The summed E-state index contributed by atoms with van der Waals surface area (Å²) in [7, 11) is 1.53. The molecule has 0 saturated carbocycles. The first-order chi connectivity index (χ1) is 9.22. The first-order valence-electron chi connectivity index (χ1n) is 5.42. The summed E-state index contributed by atoms with van der Waals surface area (Å²) in [6.07, 6.45) is 0. The van der Waals surface area contributed by atoms with Gasteiger partial charge in [0.15, 0.2) is 0 Å². The lowest BCUT2D eigenvalue weighted by Crippen LogP contribution is -2.04. The summed E-state index contributed by atoms with van der Waals surface area (Å²) in [6.45, 7) is 1.95. The summed E-state index contributed by atoms with van der Waals surface area (Å²) in [4.78, 5) is 15.5. The Labute approximate surface area is 113 Å². The number of carbonyl (C=O) groups excluding carboxylic acids is 1. The third-order valence-corrected chi connectivity index (χ3v) is 2.73. The highest BCUT2D eigenvalue weighted by molar-refractivity contribution is 7.99. The van der Waals surface area contributed by atoms with Gasteiger partial charge in [-0.15, -0.1) is 5.10 Å². The lowest BCUT2D eigenvalue weighted by molar-refractivity contribution is 0.0475. The second-order valence-electron chi connectivity index (χ2n) is 3.21. The number of hydrogen-bond acceptors (Lipinski definition) is 8. The van der Waals surface area contributed by atoms with E-state index in [1.807, 2.05) is 0 Å². The van der Waals surface area contributed by atoms with Gasteiger partial charge in [0.1, 0.15) is 5.03 Å². The molecule has 19 heavy (non-hydrogen) atoms. The molecular formula is C11H11N3O4S. The van der Waals surface area contributed by atoms with E-state index in [9.17, 15) is 4.79 Å². The average Bonchev–Trinajstić information content (AvgIpc) is 2.88. The van der Waals surface area contributed by atoms with Crippen LogP contribution < -0.4 is 4.74 Å². The SMILES string of the molecule is CCOC(=O)c1nnc(Sc2cccc(OC)n2)o1. The third-order valence-electron chi connectivity index (χ3n) is 1.96. The Bertz CT molecular complexity index is 573. The molecule has 0 fully saturated rings. The van der Waals surface area contributed by atoms with Crippen LogP contribution in [-0.2, 0) is 4.74 Å². The standard InChI is InChI=1S/C11H11N3O4S/c1-3-17-10(15)9-13-14-11(18-9)19-8-6-4-5-7(12-8)16-2/h4-6H,3H2,1-2H3. The zero-order chi connectivity index (χ0) is 13.7. The Morgan fingerprint density at radius 3 is 3.00 bits per heavy atom. The number of carbonyl (C=O) groups is 1. The molecule has 2 rings (SSSR count). The monoisotopic (exact) mass is 281 g/mol. The number of methoxy groups -OCH3 is 1. The lowest BCUT2D eigenvalue weighted by atomic mass is 10.5. The van der Waals surface area contributed by atoms with Crippen molar-refractivity contribution in [2.75, 3.05) is 13.7 Å². The number of aromatic nitrogens is 3. The maximum atomic E-state index is 11.3. The van der Waals surface area contributed by atoms with E-state index in [2.05, 4.69) is 15.2 Å². The lowest BCUT2D eigenvalue weighted by Gasteiger charge is -1.99. The molecule has 0 unspecified atom stereocenters. The van der Waals surface area contributed by atoms with E-state index >= 15 is 0 Å². The quantitative estimate of drug-likeness (QED) is 0.767. The minimum atomic E-state index is -0.638. The van der Waals surface area contributed by atoms with Gasteiger partial charge in [0.05, 0.1) is 13.7 Å². The molecule has 0 spiro atoms. The molecule has 2 aromatic heterocycles. The Balaban J connectivity index is 2.09. The first kappa shape index (κ1) is 13.3. The molecule has 2 aromatic rings. The van der Waals surface area contributed by atoms with Crippen molar-refractivity contribution in [1.82, 2.24) is 15.2 Å². The van der Waals surface area contributed by atoms with Crippen molar-refractivity contribution in [1.29, 1.82) is 0 Å². The summed E-state index contributed by atoms with van der Waals surface area (Å²) < 4.78 is 14.9. The highest BCUT2D eigenvalue weighted by Gasteiger charge is 2.16. The largest absolute Gasteiger partial charge is 0.481 e. The predicted molar refractivity (Wildman–Crippen MR) is 65.2 cm³/mol. The number of nitrogens with zero attached hydrogens (tertiary/aromatic N) is 3. The fraction of sp³-hybridized carbons (Fsp3) is 0.273. The van der Waals surface area contributed by atoms with Gasteiger partial charge in [-0.2, -0.15) is 0 Å². The summed E-state index contributed by atoms with van der Waals surface area (Å²) in [5, 5.41) is 8.17. The van der Waals surface area contributed by atoms with Crippen LogP contribution in [0.15, 0.2) is 32.9 Å². The maximum Gasteiger partial charge on any atom is 0.396 e. The van der Waals surface area contributed by atoms with Gasteiger partial charge in [-0.25, -0.2) is 9.78 Å². The van der Waals surface area contributed by atoms with Gasteiger partial charge < -0.3 is 13.9 Å². The van der Waals surface area contributed by atoms with Crippen LogP contribution in [0, 0.1) is 0 Å². The molecule has 0 saturated heterocycles. The van der Waals surface area contributed by atoms with E-state index < -0.39 is 5.97 Å². The first-order valence-corrected chi connectivity index (χ1v) is 6.24. The van der Waals surface area contributed by atoms with Crippen molar-refractivity contribution in [2.24, 2.45) is 0 Å². The van der Waals surface area contributed by atoms with Crippen molar-refractivity contribution in [3.05, 3.63) is 24.1 Å². The molecule has 0 aliphatic carbocycles. The average molecular weight is 281 g/mol. The molecule has 0 bridgehead atoms. The fourth-order valence-corrected chi connectivity index (χ4v) is 1.85. The molecular weight excluding hydrogens is 270 g/mol. The summed E-state index contributed by atoms with van der Waals surface area (Å²) in [5.74, 6) is -0.331. The number of pyridine rings is 1. The fourth-order valence-electron chi connectivity index (χ4n) is 1.18. The molecule has 0 atom stereocenters. The number of esters is 1. The normalized spacial score (nSPS) is 10.2. The Morgan fingerprint density at radius 2 is 2.26 bits per heavy atom. The molecule has 0 amide bonds. The van der Waals surface area contributed by atoms with Crippen molar-refractivity contribution in [3.63, 3.8) is 0 Å². The van der Waals surface area contributed by atoms with Crippen LogP contribution >= 0.6 is 11.8 Å². The molecule has 100 valence electrons. The van der Waals surface area contributed by atoms with Crippen LogP contribution in [0.1, 0.15) is 17.6 Å². The second kappa shape index (κ2) is 6.19. The predicted octanol–water partition coefficient (Wildman–Crippen LogP) is 1.80. The molecule has 0 aromatic carbocycles. The molecule has 8 heteroatoms. The van der Waals surface area contributed by atoms with E-state index in [0.717, 1.165) is 11.8 Å². The smallest absolute Gasteiger partial charge is 0.396 e. The molecule has 7 nitrogen and oxygen atoms in total. The van der Waals surface area contributed by atoms with E-state index in [0.29, 0.717) is 10.9 Å². The van der Waals surface area contributed by atoms with Gasteiger partial charge in [-0.3, -0.25) is 0 Å². The van der Waals surface area contributed by atoms with Gasteiger partial charge in [0, 0.05) is 6.07 Å². The van der Waals surface area contributed by atoms with Gasteiger partial charge in [-0.05, 0) is 24.8 Å². The summed E-state index contributed by atoms with van der Waals surface area (Å²) in [5.41, 5.74) is 0. The van der Waals surface area contributed by atoms with Crippen LogP contribution in [0.5, 0.6) is 5.88 Å². The Morgan fingerprint density at radius 1 is 1.42 bits per heavy atom. The van der Waals surface area contributed by atoms with Gasteiger partial charge in [-0.1, -0.05) is 11.2 Å². The zero-order valence-electron chi connectivity index (χ0n) is 10.3. The van der Waals surface area contributed by atoms with E-state index in [1.54, 1.807) is 25.1 Å². The minimum absolute atomic E-state index is 0.174. The molecule has 0 aliphatic heterocycles. The van der Waals surface area contributed by atoms with Crippen LogP contribution in [0.4, 0.5) is 0 Å². The van der Waals surface area contributed by atoms with E-state index in [4.69, 9.17) is 13.9 Å². The zero-order valence-corrected chi connectivity index (χ0v) is 11.1. The van der Waals surface area contributed by atoms with Gasteiger partial charge >= 0.3 is 11.9 Å². The van der Waals surface area contributed by atoms with Crippen molar-refractivity contribution in [2.45, 2.75) is 17.2 Å². The van der Waals surface area contributed by atoms with Gasteiger partial charge in [0.2, 0.25) is 5.88 Å². The maximum absolute atomic E-state index is 11.3. The number of rotatable bonds is 5. The van der Waals surface area contributed by atoms with Gasteiger partial charge in [0.25, 0.3) is 5.22 Å². The van der Waals surface area contributed by atoms with Crippen molar-refractivity contribution >= 4 is 17.7 Å². The highest BCUT2D eigenvalue weighted by Crippen LogP contribution is 2.26. The van der Waals surface area contributed by atoms with Crippen LogP contribution in [0.3, 0.4) is 0 Å². The molecule has 0 aliphatic rings. The van der Waals surface area contributed by atoms with E-state index in [1.165, 1.54) is 7.11 Å². The third kappa shape index (κ3) is 3.44. The summed E-state index contributed by atoms with van der Waals surface area (Å²) in [6, 6.07) is 5.28. The topological polar surface area (TPSA) is 87.3 Å². The number of ether oxygens (including phenoxy) is 2. The highest BCUT2D eigenvalue weighted by atomic mass is 32.2. The molecule has 0 radical (unpaired) electrons. The molecule has 2 heterocycles. The van der Waals surface area contributed by atoms with Crippen LogP contribution in [0.25, 0.3) is 0 Å². The van der Waals surface area contributed by atoms with Crippen molar-refractivity contribution < 1.29 is 18.7 Å².